The van der Waals surface area contributed by atoms with E-state index in [1.165, 1.54) is 17.5 Å². The molecule has 1 amide bonds. The Bertz CT molecular complexity index is 830. The summed E-state index contributed by atoms with van der Waals surface area (Å²) in [6, 6.07) is 8.41. The van der Waals surface area contributed by atoms with Gasteiger partial charge in [0.05, 0.1) is 0 Å². The summed E-state index contributed by atoms with van der Waals surface area (Å²) in [5.41, 5.74) is 2.33. The van der Waals surface area contributed by atoms with Crippen LogP contribution in [0.25, 0.3) is 0 Å². The molecule has 0 radical (unpaired) electrons. The van der Waals surface area contributed by atoms with Crippen molar-refractivity contribution in [2.45, 2.75) is 72.4 Å². The Balaban J connectivity index is 1.50. The minimum Gasteiger partial charge on any atom is -0.352 e. The minimum absolute atomic E-state index is 0.000490. The number of likely N-dealkylation sites (tertiary alicyclic amines) is 1. The van der Waals surface area contributed by atoms with Gasteiger partial charge in [-0.2, -0.15) is 4.98 Å². The average Bonchev–Trinajstić information content (AvgIpc) is 3.14. The van der Waals surface area contributed by atoms with Crippen molar-refractivity contribution in [2.24, 2.45) is 11.8 Å². The van der Waals surface area contributed by atoms with E-state index >= 15 is 0 Å². The van der Waals surface area contributed by atoms with Crippen LogP contribution in [0.4, 0.5) is 0 Å². The van der Waals surface area contributed by atoms with E-state index in [1.807, 2.05) is 26.8 Å². The molecule has 1 aromatic carbocycles. The third-order valence-corrected chi connectivity index (χ3v) is 5.64. The molecule has 164 valence electrons. The van der Waals surface area contributed by atoms with Crippen molar-refractivity contribution in [1.82, 2.24) is 20.4 Å². The molecule has 0 saturated carbocycles. The maximum atomic E-state index is 12.4. The number of amides is 1. The highest BCUT2D eigenvalue weighted by atomic mass is 16.5. The molecule has 6 nitrogen and oxygen atoms in total. The number of piperidine rings is 1. The summed E-state index contributed by atoms with van der Waals surface area (Å²) in [5, 5.41) is 7.07. The molecule has 0 unspecified atom stereocenters. The van der Waals surface area contributed by atoms with Crippen LogP contribution in [-0.2, 0) is 29.7 Å². The van der Waals surface area contributed by atoms with Gasteiger partial charge >= 0.3 is 0 Å². The van der Waals surface area contributed by atoms with E-state index in [2.05, 4.69) is 52.4 Å². The average molecular weight is 413 g/mol. The van der Waals surface area contributed by atoms with Crippen LogP contribution in [-0.4, -0.2) is 34.0 Å². The highest BCUT2D eigenvalue weighted by Crippen LogP contribution is 2.23. The van der Waals surface area contributed by atoms with Crippen LogP contribution in [0.2, 0.25) is 0 Å². The van der Waals surface area contributed by atoms with Gasteiger partial charge in [-0.25, -0.2) is 0 Å². The molecule has 0 bridgehead atoms. The van der Waals surface area contributed by atoms with Crippen LogP contribution in [0.3, 0.4) is 0 Å². The molecule has 1 aliphatic rings. The van der Waals surface area contributed by atoms with Crippen LogP contribution in [0, 0.1) is 11.8 Å². The number of benzene rings is 1. The van der Waals surface area contributed by atoms with E-state index in [9.17, 15) is 4.79 Å². The number of nitrogens with zero attached hydrogens (tertiary/aromatic N) is 3. The quantitative estimate of drug-likeness (QED) is 0.741. The first-order valence-electron chi connectivity index (χ1n) is 11.1. The number of rotatable bonds is 7. The summed E-state index contributed by atoms with van der Waals surface area (Å²) in [6.07, 6.45) is 2.11. The molecule has 2 aromatic rings. The molecule has 1 N–H and O–H groups in total. The van der Waals surface area contributed by atoms with Crippen molar-refractivity contribution < 1.29 is 9.32 Å². The fourth-order valence-corrected chi connectivity index (χ4v) is 4.21. The Hall–Kier alpha value is -2.21. The second-order valence-corrected chi connectivity index (χ2v) is 9.95. The molecule has 2 heterocycles. The lowest BCUT2D eigenvalue weighted by Crippen LogP contribution is -2.38. The number of carbonyl (C=O) groups excluding carboxylic acids is 1. The molecule has 0 aliphatic carbocycles. The summed E-state index contributed by atoms with van der Waals surface area (Å²) in [4.78, 5) is 19.3. The molecule has 3 rings (SSSR count). The SMILES string of the molecule is C[C@H]1C[C@H](C)CN(Cc2ccccc2CNC(=O)CCc2nc(C(C)(C)C)no2)C1. The number of nitrogens with one attached hydrogen (secondary N) is 1. The predicted molar refractivity (Wildman–Crippen MR) is 118 cm³/mol. The fourth-order valence-electron chi connectivity index (χ4n) is 4.21. The van der Waals surface area contributed by atoms with Gasteiger partial charge in [-0.1, -0.05) is 64.0 Å². The molecule has 1 aromatic heterocycles. The summed E-state index contributed by atoms with van der Waals surface area (Å²) >= 11 is 0. The molecule has 2 atom stereocenters. The normalized spacial score (nSPS) is 20.3. The second kappa shape index (κ2) is 9.73. The van der Waals surface area contributed by atoms with E-state index < -0.39 is 0 Å². The lowest BCUT2D eigenvalue weighted by molar-refractivity contribution is -0.121. The summed E-state index contributed by atoms with van der Waals surface area (Å²) in [6.45, 7) is 14.6. The number of hydrogen-bond acceptors (Lipinski definition) is 5. The van der Waals surface area contributed by atoms with E-state index in [0.29, 0.717) is 31.1 Å². The van der Waals surface area contributed by atoms with E-state index in [0.717, 1.165) is 31.5 Å². The molecule has 1 saturated heterocycles. The minimum atomic E-state index is -0.155. The van der Waals surface area contributed by atoms with Gasteiger partial charge in [-0.3, -0.25) is 9.69 Å². The largest absolute Gasteiger partial charge is 0.352 e. The highest BCUT2D eigenvalue weighted by Gasteiger charge is 2.23. The van der Waals surface area contributed by atoms with Gasteiger partial charge in [-0.15, -0.1) is 0 Å². The fraction of sp³-hybridized carbons (Fsp3) is 0.625. The molecular formula is C24H36N4O2. The Labute approximate surface area is 180 Å². The molecule has 1 fully saturated rings. The molecular weight excluding hydrogens is 376 g/mol. The van der Waals surface area contributed by atoms with Crippen LogP contribution in [0.15, 0.2) is 28.8 Å². The van der Waals surface area contributed by atoms with E-state index in [-0.39, 0.29) is 11.3 Å². The predicted octanol–water partition coefficient (Wildman–Crippen LogP) is 4.09. The first kappa shape index (κ1) is 22.5. The topological polar surface area (TPSA) is 71.3 Å². The zero-order valence-corrected chi connectivity index (χ0v) is 19.1. The van der Waals surface area contributed by atoms with Crippen LogP contribution < -0.4 is 5.32 Å². The Morgan fingerprint density at radius 2 is 1.83 bits per heavy atom. The van der Waals surface area contributed by atoms with Gasteiger partial charge in [0, 0.05) is 44.4 Å². The van der Waals surface area contributed by atoms with Crippen LogP contribution in [0.1, 0.15) is 70.3 Å². The van der Waals surface area contributed by atoms with Crippen molar-refractivity contribution in [3.63, 3.8) is 0 Å². The second-order valence-electron chi connectivity index (χ2n) is 9.95. The molecule has 0 spiro atoms. The third-order valence-electron chi connectivity index (χ3n) is 5.64. The number of carbonyl (C=O) groups is 1. The zero-order valence-electron chi connectivity index (χ0n) is 19.1. The van der Waals surface area contributed by atoms with Crippen molar-refractivity contribution >= 4 is 5.91 Å². The summed E-state index contributed by atoms with van der Waals surface area (Å²) in [5.74, 6) is 2.67. The van der Waals surface area contributed by atoms with E-state index in [4.69, 9.17) is 4.52 Å². The maximum absolute atomic E-state index is 12.4. The van der Waals surface area contributed by atoms with Gasteiger partial charge in [0.1, 0.15) is 0 Å². The number of aromatic nitrogens is 2. The smallest absolute Gasteiger partial charge is 0.227 e. The Kier molecular flexibility index (Phi) is 7.29. The number of hydrogen-bond donors (Lipinski definition) is 1. The van der Waals surface area contributed by atoms with Crippen molar-refractivity contribution in [1.29, 1.82) is 0 Å². The highest BCUT2D eigenvalue weighted by molar-refractivity contribution is 5.76. The first-order valence-corrected chi connectivity index (χ1v) is 11.1. The Morgan fingerprint density at radius 1 is 1.17 bits per heavy atom. The van der Waals surface area contributed by atoms with Gasteiger partial charge in [-0.05, 0) is 29.4 Å². The zero-order chi connectivity index (χ0) is 21.7. The van der Waals surface area contributed by atoms with Crippen molar-refractivity contribution in [3.05, 3.63) is 47.1 Å². The summed E-state index contributed by atoms with van der Waals surface area (Å²) < 4.78 is 5.28. The lowest BCUT2D eigenvalue weighted by atomic mass is 9.91. The summed E-state index contributed by atoms with van der Waals surface area (Å²) in [7, 11) is 0. The van der Waals surface area contributed by atoms with Gasteiger partial charge in [0.15, 0.2) is 5.82 Å². The van der Waals surface area contributed by atoms with Gasteiger partial charge in [0.2, 0.25) is 11.8 Å². The molecule has 6 heteroatoms. The van der Waals surface area contributed by atoms with Crippen LogP contribution in [0.5, 0.6) is 0 Å². The van der Waals surface area contributed by atoms with Gasteiger partial charge < -0.3 is 9.84 Å². The third kappa shape index (κ3) is 6.39. The molecule has 30 heavy (non-hydrogen) atoms. The monoisotopic (exact) mass is 412 g/mol. The first-order chi connectivity index (χ1) is 14.2. The van der Waals surface area contributed by atoms with E-state index in [1.54, 1.807) is 0 Å². The maximum Gasteiger partial charge on any atom is 0.227 e. The molecule has 1 aliphatic heterocycles. The van der Waals surface area contributed by atoms with Gasteiger partial charge in [0.25, 0.3) is 0 Å². The number of aryl methyl sites for hydroxylation is 1. The lowest BCUT2D eigenvalue weighted by Gasteiger charge is -2.35. The van der Waals surface area contributed by atoms with Crippen molar-refractivity contribution in [3.8, 4) is 0 Å². The van der Waals surface area contributed by atoms with Crippen LogP contribution >= 0.6 is 0 Å². The Morgan fingerprint density at radius 3 is 2.47 bits per heavy atom. The van der Waals surface area contributed by atoms with Crippen molar-refractivity contribution in [2.75, 3.05) is 13.1 Å². The standard InChI is InChI=1S/C24H36N4O2/c1-17-12-18(2)15-28(14-17)16-20-9-7-6-8-19(20)13-25-21(29)10-11-22-26-23(27-30-22)24(3,4)5/h6-9,17-18H,10-16H2,1-5H3,(H,25,29)/t17-,18-/m0/s1.